The summed E-state index contributed by atoms with van der Waals surface area (Å²) in [6, 6.07) is 1.34. The van der Waals surface area contributed by atoms with Crippen LogP contribution in [0.4, 0.5) is 10.2 Å². The number of halogens is 1. The number of hydrogen-bond acceptors (Lipinski definition) is 4. The first-order valence-corrected chi connectivity index (χ1v) is 3.94. The summed E-state index contributed by atoms with van der Waals surface area (Å²) in [7, 11) is 0. The molecule has 0 radical (unpaired) electrons. The number of nitrogens with zero attached hydrogens (tertiary/aromatic N) is 3. The number of rotatable bonds is 1. The Balaban J connectivity index is 2.44. The smallest absolute Gasteiger partial charge is 0.142 e. The van der Waals surface area contributed by atoms with Gasteiger partial charge >= 0.3 is 0 Å². The maximum Gasteiger partial charge on any atom is 0.142 e. The minimum atomic E-state index is -0.402. The van der Waals surface area contributed by atoms with E-state index in [1.165, 1.54) is 24.7 Å². The fourth-order valence-electron chi connectivity index (χ4n) is 1.04. The Kier molecular flexibility index (Phi) is 2.06. The van der Waals surface area contributed by atoms with Crippen molar-refractivity contribution in [3.8, 4) is 11.3 Å². The van der Waals surface area contributed by atoms with Crippen molar-refractivity contribution in [1.82, 2.24) is 15.0 Å². The fourth-order valence-corrected chi connectivity index (χ4v) is 1.04. The maximum atomic E-state index is 12.8. The third kappa shape index (κ3) is 1.66. The molecule has 0 saturated heterocycles. The second kappa shape index (κ2) is 3.37. The van der Waals surface area contributed by atoms with Crippen LogP contribution < -0.4 is 5.73 Å². The van der Waals surface area contributed by atoms with E-state index >= 15 is 0 Å². The monoisotopic (exact) mass is 190 g/mol. The summed E-state index contributed by atoms with van der Waals surface area (Å²) >= 11 is 0. The standard InChI is InChI=1S/C9H7FN4/c10-7-1-6(2-12-3-7)8-4-14-9(11)5-13-8/h1-5H,(H2,11,14). The average molecular weight is 190 g/mol. The van der Waals surface area contributed by atoms with Gasteiger partial charge in [0.05, 0.1) is 24.3 Å². The lowest BCUT2D eigenvalue weighted by Crippen LogP contribution is -1.93. The molecule has 2 heterocycles. The first kappa shape index (κ1) is 8.55. The molecule has 0 aromatic carbocycles. The third-order valence-corrected chi connectivity index (χ3v) is 1.67. The van der Waals surface area contributed by atoms with Gasteiger partial charge in [0.2, 0.25) is 0 Å². The first-order valence-electron chi connectivity index (χ1n) is 3.94. The van der Waals surface area contributed by atoms with Crippen LogP contribution in [0.1, 0.15) is 0 Å². The van der Waals surface area contributed by atoms with Gasteiger partial charge in [0, 0.05) is 11.8 Å². The lowest BCUT2D eigenvalue weighted by Gasteiger charge is -1.99. The van der Waals surface area contributed by atoms with Gasteiger partial charge in [0.15, 0.2) is 0 Å². The highest BCUT2D eigenvalue weighted by atomic mass is 19.1. The van der Waals surface area contributed by atoms with Crippen molar-refractivity contribution in [1.29, 1.82) is 0 Å². The lowest BCUT2D eigenvalue weighted by molar-refractivity contribution is 0.622. The number of aromatic nitrogens is 3. The number of pyridine rings is 1. The first-order chi connectivity index (χ1) is 6.75. The predicted molar refractivity (Wildman–Crippen MR) is 49.6 cm³/mol. The summed E-state index contributed by atoms with van der Waals surface area (Å²) in [6.45, 7) is 0. The van der Waals surface area contributed by atoms with Crippen LogP contribution in [0.15, 0.2) is 30.9 Å². The molecule has 2 aromatic rings. The van der Waals surface area contributed by atoms with Crippen LogP contribution in [0, 0.1) is 5.82 Å². The van der Waals surface area contributed by atoms with E-state index in [9.17, 15) is 4.39 Å². The van der Waals surface area contributed by atoms with E-state index in [0.29, 0.717) is 17.1 Å². The van der Waals surface area contributed by atoms with E-state index in [4.69, 9.17) is 5.73 Å². The molecule has 0 fully saturated rings. The van der Waals surface area contributed by atoms with E-state index in [2.05, 4.69) is 15.0 Å². The van der Waals surface area contributed by atoms with Crippen molar-refractivity contribution in [2.24, 2.45) is 0 Å². The largest absolute Gasteiger partial charge is 0.382 e. The Bertz CT molecular complexity index is 441. The molecule has 0 unspecified atom stereocenters. The zero-order valence-corrected chi connectivity index (χ0v) is 7.18. The minimum absolute atomic E-state index is 0.332. The molecule has 0 saturated carbocycles. The molecule has 5 heteroatoms. The van der Waals surface area contributed by atoms with Gasteiger partial charge < -0.3 is 5.73 Å². The minimum Gasteiger partial charge on any atom is -0.382 e. The van der Waals surface area contributed by atoms with Gasteiger partial charge in [-0.25, -0.2) is 9.37 Å². The number of nitrogens with two attached hydrogens (primary N) is 1. The normalized spacial score (nSPS) is 10.1. The molecule has 4 nitrogen and oxygen atoms in total. The van der Waals surface area contributed by atoms with E-state index in [1.807, 2.05) is 0 Å². The molecule has 2 rings (SSSR count). The number of nitrogen functional groups attached to an aromatic ring is 1. The molecular weight excluding hydrogens is 183 g/mol. The highest BCUT2D eigenvalue weighted by Crippen LogP contribution is 2.15. The predicted octanol–water partition coefficient (Wildman–Crippen LogP) is 1.26. The molecule has 0 aliphatic carbocycles. The second-order valence-electron chi connectivity index (χ2n) is 2.72. The third-order valence-electron chi connectivity index (χ3n) is 1.67. The summed E-state index contributed by atoms with van der Waals surface area (Å²) in [5.41, 5.74) is 6.50. The van der Waals surface area contributed by atoms with Gasteiger partial charge in [0.1, 0.15) is 11.6 Å². The Hall–Kier alpha value is -2.04. The number of hydrogen-bond donors (Lipinski definition) is 1. The van der Waals surface area contributed by atoms with Crippen molar-refractivity contribution in [3.05, 3.63) is 36.7 Å². The van der Waals surface area contributed by atoms with Crippen LogP contribution in [0.5, 0.6) is 0 Å². The quantitative estimate of drug-likeness (QED) is 0.735. The van der Waals surface area contributed by atoms with Crippen LogP contribution in [0.2, 0.25) is 0 Å². The van der Waals surface area contributed by atoms with Crippen LogP contribution in [-0.4, -0.2) is 15.0 Å². The molecule has 70 valence electrons. The molecule has 0 bridgehead atoms. The zero-order chi connectivity index (χ0) is 9.97. The van der Waals surface area contributed by atoms with E-state index in [1.54, 1.807) is 0 Å². The topological polar surface area (TPSA) is 64.7 Å². The SMILES string of the molecule is Nc1cnc(-c2cncc(F)c2)cn1. The average Bonchev–Trinajstić information content (AvgIpc) is 2.19. The van der Waals surface area contributed by atoms with Crippen molar-refractivity contribution in [2.45, 2.75) is 0 Å². The van der Waals surface area contributed by atoms with Gasteiger partial charge in [-0.15, -0.1) is 0 Å². The summed E-state index contributed by atoms with van der Waals surface area (Å²) < 4.78 is 12.8. The van der Waals surface area contributed by atoms with E-state index < -0.39 is 5.82 Å². The van der Waals surface area contributed by atoms with Crippen LogP contribution in [-0.2, 0) is 0 Å². The van der Waals surface area contributed by atoms with E-state index in [-0.39, 0.29) is 0 Å². The van der Waals surface area contributed by atoms with Crippen molar-refractivity contribution in [3.63, 3.8) is 0 Å². The summed E-state index contributed by atoms with van der Waals surface area (Å²) in [5, 5.41) is 0. The summed E-state index contributed by atoms with van der Waals surface area (Å²) in [6.07, 6.45) is 5.55. The summed E-state index contributed by atoms with van der Waals surface area (Å²) in [4.78, 5) is 11.6. The maximum absolute atomic E-state index is 12.8. The van der Waals surface area contributed by atoms with Gasteiger partial charge in [-0.05, 0) is 6.07 Å². The molecule has 2 N–H and O–H groups in total. The molecule has 14 heavy (non-hydrogen) atoms. The molecule has 0 atom stereocenters. The molecule has 0 aliphatic rings. The van der Waals surface area contributed by atoms with Gasteiger partial charge in [-0.1, -0.05) is 0 Å². The molecule has 2 aromatic heterocycles. The zero-order valence-electron chi connectivity index (χ0n) is 7.18. The van der Waals surface area contributed by atoms with Gasteiger partial charge in [0.25, 0.3) is 0 Å². The Morgan fingerprint density at radius 1 is 1.07 bits per heavy atom. The van der Waals surface area contributed by atoms with Gasteiger partial charge in [-0.3, -0.25) is 9.97 Å². The Labute approximate surface area is 79.7 Å². The van der Waals surface area contributed by atoms with Crippen molar-refractivity contribution in [2.75, 3.05) is 5.73 Å². The van der Waals surface area contributed by atoms with Crippen molar-refractivity contribution < 1.29 is 4.39 Å². The van der Waals surface area contributed by atoms with Crippen LogP contribution in [0.25, 0.3) is 11.3 Å². The molecule has 0 amide bonds. The van der Waals surface area contributed by atoms with E-state index in [0.717, 1.165) is 6.20 Å². The second-order valence-corrected chi connectivity index (χ2v) is 2.72. The summed E-state index contributed by atoms with van der Waals surface area (Å²) in [5.74, 6) is -0.0702. The van der Waals surface area contributed by atoms with Crippen LogP contribution >= 0.6 is 0 Å². The number of anilines is 1. The lowest BCUT2D eigenvalue weighted by atomic mass is 10.2. The molecular formula is C9H7FN4. The Morgan fingerprint density at radius 3 is 2.57 bits per heavy atom. The van der Waals surface area contributed by atoms with Gasteiger partial charge in [-0.2, -0.15) is 0 Å². The van der Waals surface area contributed by atoms with Crippen LogP contribution in [0.3, 0.4) is 0 Å². The highest BCUT2D eigenvalue weighted by molar-refractivity contribution is 5.57. The Morgan fingerprint density at radius 2 is 1.93 bits per heavy atom. The van der Waals surface area contributed by atoms with Crippen molar-refractivity contribution >= 4 is 5.82 Å². The molecule has 0 aliphatic heterocycles. The highest BCUT2D eigenvalue weighted by Gasteiger charge is 2.01. The molecule has 0 spiro atoms. The fraction of sp³-hybridized carbons (Fsp3) is 0.